The van der Waals surface area contributed by atoms with Crippen molar-refractivity contribution < 1.29 is 5.11 Å². The van der Waals surface area contributed by atoms with Crippen LogP contribution in [0.25, 0.3) is 11.0 Å². The minimum absolute atomic E-state index is 0.289. The Balaban J connectivity index is 1.66. The zero-order chi connectivity index (χ0) is 17.2. The van der Waals surface area contributed by atoms with Gasteiger partial charge in [-0.2, -0.15) is 5.10 Å². The highest BCUT2D eigenvalue weighted by Crippen LogP contribution is 2.26. The fraction of sp³-hybridized carbons (Fsp3) is 0.421. The molecule has 0 amide bonds. The number of aliphatic hydroxyl groups is 1. The maximum absolute atomic E-state index is 10.0. The molecule has 1 aliphatic heterocycles. The van der Waals surface area contributed by atoms with Gasteiger partial charge < -0.3 is 10.0 Å². The Hall–Kier alpha value is -2.47. The van der Waals surface area contributed by atoms with Gasteiger partial charge in [0.15, 0.2) is 5.65 Å². The molecule has 130 valence electrons. The third-order valence-corrected chi connectivity index (χ3v) is 4.79. The zero-order valence-corrected chi connectivity index (χ0v) is 14.5. The molecule has 6 heteroatoms. The second-order valence-electron chi connectivity index (χ2n) is 6.70. The van der Waals surface area contributed by atoms with Crippen molar-refractivity contribution in [1.29, 1.82) is 0 Å². The van der Waals surface area contributed by atoms with Crippen molar-refractivity contribution in [1.82, 2.24) is 19.7 Å². The molecule has 0 bridgehead atoms. The lowest BCUT2D eigenvalue weighted by Crippen LogP contribution is -2.39. The van der Waals surface area contributed by atoms with Crippen LogP contribution in [0, 0.1) is 0 Å². The van der Waals surface area contributed by atoms with E-state index in [0.29, 0.717) is 6.54 Å². The van der Waals surface area contributed by atoms with E-state index in [1.54, 1.807) is 4.68 Å². The Morgan fingerprint density at radius 2 is 2.00 bits per heavy atom. The molecule has 1 saturated heterocycles. The summed E-state index contributed by atoms with van der Waals surface area (Å²) in [5, 5.41) is 15.3. The minimum Gasteiger partial charge on any atom is -0.391 e. The first kappa shape index (κ1) is 16.0. The predicted octanol–water partition coefficient (Wildman–Crippen LogP) is 2.11. The number of benzene rings is 1. The van der Waals surface area contributed by atoms with Crippen molar-refractivity contribution >= 4 is 16.9 Å². The van der Waals surface area contributed by atoms with Crippen molar-refractivity contribution in [3.8, 4) is 0 Å². The molecule has 2 aromatic heterocycles. The van der Waals surface area contributed by atoms with Crippen LogP contribution in [-0.4, -0.2) is 44.0 Å². The maximum atomic E-state index is 10.0. The number of aryl methyl sites for hydroxylation is 3. The highest BCUT2D eigenvalue weighted by molar-refractivity contribution is 5.87. The Labute approximate surface area is 147 Å². The van der Waals surface area contributed by atoms with Crippen LogP contribution in [0.1, 0.15) is 24.2 Å². The van der Waals surface area contributed by atoms with E-state index >= 15 is 0 Å². The van der Waals surface area contributed by atoms with E-state index in [4.69, 9.17) is 9.97 Å². The van der Waals surface area contributed by atoms with Crippen LogP contribution in [0.5, 0.6) is 0 Å². The molecule has 1 fully saturated rings. The lowest BCUT2D eigenvalue weighted by atomic mass is 10.1. The largest absolute Gasteiger partial charge is 0.391 e. The number of hydrogen-bond donors (Lipinski definition) is 1. The molecule has 0 radical (unpaired) electrons. The van der Waals surface area contributed by atoms with E-state index in [-0.39, 0.29) is 6.10 Å². The van der Waals surface area contributed by atoms with Gasteiger partial charge in [0.25, 0.3) is 0 Å². The van der Waals surface area contributed by atoms with Gasteiger partial charge >= 0.3 is 0 Å². The van der Waals surface area contributed by atoms with Gasteiger partial charge in [0.2, 0.25) is 0 Å². The lowest BCUT2D eigenvalue weighted by Gasteiger charge is -2.31. The van der Waals surface area contributed by atoms with Gasteiger partial charge in [0.05, 0.1) is 17.7 Å². The molecule has 6 nitrogen and oxygen atoms in total. The van der Waals surface area contributed by atoms with Gasteiger partial charge in [0, 0.05) is 26.6 Å². The van der Waals surface area contributed by atoms with Gasteiger partial charge in [-0.3, -0.25) is 4.68 Å². The summed E-state index contributed by atoms with van der Waals surface area (Å²) in [4.78, 5) is 11.7. The number of anilines is 1. The van der Waals surface area contributed by atoms with Gasteiger partial charge in [-0.15, -0.1) is 0 Å². The summed E-state index contributed by atoms with van der Waals surface area (Å²) < 4.78 is 1.80. The van der Waals surface area contributed by atoms with Crippen LogP contribution in [0.2, 0.25) is 0 Å². The van der Waals surface area contributed by atoms with Gasteiger partial charge in [0.1, 0.15) is 11.6 Å². The quantitative estimate of drug-likeness (QED) is 0.790. The van der Waals surface area contributed by atoms with Crippen LogP contribution in [0.4, 0.5) is 5.82 Å². The van der Waals surface area contributed by atoms with E-state index in [1.165, 1.54) is 5.56 Å². The van der Waals surface area contributed by atoms with Gasteiger partial charge in [-0.05, 0) is 24.8 Å². The fourth-order valence-corrected chi connectivity index (χ4v) is 3.45. The highest BCUT2D eigenvalue weighted by atomic mass is 16.3. The number of nitrogens with zero attached hydrogens (tertiary/aromatic N) is 5. The Morgan fingerprint density at radius 1 is 1.16 bits per heavy atom. The average molecular weight is 337 g/mol. The van der Waals surface area contributed by atoms with Crippen LogP contribution >= 0.6 is 0 Å². The predicted molar refractivity (Wildman–Crippen MR) is 97.6 cm³/mol. The second kappa shape index (κ2) is 6.80. The Kier molecular flexibility index (Phi) is 4.36. The first-order valence-electron chi connectivity index (χ1n) is 8.86. The maximum Gasteiger partial charge on any atom is 0.163 e. The summed E-state index contributed by atoms with van der Waals surface area (Å²) >= 11 is 0. The molecule has 3 heterocycles. The molecule has 0 aliphatic carbocycles. The molecule has 4 rings (SSSR count). The van der Waals surface area contributed by atoms with Crippen LogP contribution in [0.15, 0.2) is 36.5 Å². The van der Waals surface area contributed by atoms with E-state index < -0.39 is 0 Å². The summed E-state index contributed by atoms with van der Waals surface area (Å²) in [7, 11) is 1.91. The molecule has 1 N–H and O–H groups in total. The summed E-state index contributed by atoms with van der Waals surface area (Å²) in [6, 6.07) is 10.4. The first-order chi connectivity index (χ1) is 12.2. The highest BCUT2D eigenvalue weighted by Gasteiger charge is 2.22. The van der Waals surface area contributed by atoms with Crippen molar-refractivity contribution in [2.24, 2.45) is 7.05 Å². The Morgan fingerprint density at radius 3 is 2.80 bits per heavy atom. The Bertz CT molecular complexity index is 861. The average Bonchev–Trinajstić information content (AvgIpc) is 3.01. The van der Waals surface area contributed by atoms with Crippen LogP contribution in [-0.2, 0) is 19.9 Å². The SMILES string of the molecule is Cn1ncc2c(N3CCCC(O)C3)nc(CCc3ccccc3)nc21. The minimum atomic E-state index is -0.289. The summed E-state index contributed by atoms with van der Waals surface area (Å²) in [5.41, 5.74) is 2.14. The van der Waals surface area contributed by atoms with Crippen molar-refractivity contribution in [2.45, 2.75) is 31.8 Å². The topological polar surface area (TPSA) is 67.1 Å². The fourth-order valence-electron chi connectivity index (χ4n) is 3.45. The molecule has 0 spiro atoms. The van der Waals surface area contributed by atoms with Crippen molar-refractivity contribution in [3.05, 3.63) is 47.9 Å². The van der Waals surface area contributed by atoms with E-state index in [1.807, 2.05) is 19.3 Å². The zero-order valence-electron chi connectivity index (χ0n) is 14.5. The number of aliphatic hydroxyl groups excluding tert-OH is 1. The van der Waals surface area contributed by atoms with Crippen LogP contribution in [0.3, 0.4) is 0 Å². The van der Waals surface area contributed by atoms with E-state index in [9.17, 15) is 5.11 Å². The molecule has 25 heavy (non-hydrogen) atoms. The standard InChI is InChI=1S/C19H23N5O/c1-23-18-16(12-20-23)19(24-11-5-8-15(25)13-24)22-17(21-18)10-9-14-6-3-2-4-7-14/h2-4,6-7,12,15,25H,5,8-11,13H2,1H3. The van der Waals surface area contributed by atoms with E-state index in [0.717, 1.165) is 54.9 Å². The van der Waals surface area contributed by atoms with Gasteiger partial charge in [-0.25, -0.2) is 9.97 Å². The monoisotopic (exact) mass is 337 g/mol. The smallest absolute Gasteiger partial charge is 0.163 e. The first-order valence-corrected chi connectivity index (χ1v) is 8.86. The number of aromatic nitrogens is 4. The van der Waals surface area contributed by atoms with Crippen molar-refractivity contribution in [2.75, 3.05) is 18.0 Å². The number of β-amino-alcohol motifs (C(OH)–C–C–N with tert-alkyl or cyclic N) is 1. The van der Waals surface area contributed by atoms with Crippen molar-refractivity contribution in [3.63, 3.8) is 0 Å². The lowest BCUT2D eigenvalue weighted by molar-refractivity contribution is 0.154. The summed E-state index contributed by atoms with van der Waals surface area (Å²) in [6.45, 7) is 1.54. The molecule has 1 unspecified atom stereocenters. The van der Waals surface area contributed by atoms with E-state index in [2.05, 4.69) is 34.3 Å². The number of fused-ring (bicyclic) bond motifs is 1. The van der Waals surface area contributed by atoms with Crippen LogP contribution < -0.4 is 4.90 Å². The number of piperidine rings is 1. The third kappa shape index (κ3) is 3.35. The molecular formula is C19H23N5O. The molecule has 1 atom stereocenters. The molecule has 1 aliphatic rings. The molecule has 0 saturated carbocycles. The molecule has 3 aromatic rings. The second-order valence-corrected chi connectivity index (χ2v) is 6.70. The summed E-state index contributed by atoms with van der Waals surface area (Å²) in [6.07, 6.45) is 5.07. The number of hydrogen-bond acceptors (Lipinski definition) is 5. The number of rotatable bonds is 4. The summed E-state index contributed by atoms with van der Waals surface area (Å²) in [5.74, 6) is 1.73. The third-order valence-electron chi connectivity index (χ3n) is 4.79. The normalized spacial score (nSPS) is 18.0. The molecule has 1 aromatic carbocycles. The van der Waals surface area contributed by atoms with Gasteiger partial charge in [-0.1, -0.05) is 30.3 Å². The molecular weight excluding hydrogens is 314 g/mol.